The summed E-state index contributed by atoms with van der Waals surface area (Å²) in [5, 5.41) is 19.3. The minimum atomic E-state index is -0.136. The Kier molecular flexibility index (Phi) is 5.50. The Labute approximate surface area is 186 Å². The number of hydrogen-bond acceptors (Lipinski definition) is 7. The van der Waals surface area contributed by atoms with Crippen molar-refractivity contribution in [3.05, 3.63) is 57.8 Å². The van der Waals surface area contributed by atoms with E-state index in [4.69, 9.17) is 10.1 Å². The molecule has 1 N–H and O–H groups in total. The van der Waals surface area contributed by atoms with Crippen molar-refractivity contribution >= 4 is 22.4 Å². The van der Waals surface area contributed by atoms with Gasteiger partial charge in [0, 0.05) is 37.6 Å². The Balaban J connectivity index is 1.35. The smallest absolute Gasteiger partial charge is 0.261 e. The lowest BCUT2D eigenvalue weighted by Gasteiger charge is -2.37. The first-order valence-electron chi connectivity index (χ1n) is 11.2. The summed E-state index contributed by atoms with van der Waals surface area (Å²) in [6, 6.07) is 10.1. The second-order valence-electron chi connectivity index (χ2n) is 8.43. The molecule has 8 heteroatoms. The minimum absolute atomic E-state index is 0.0952. The highest BCUT2D eigenvalue weighted by atomic mass is 16.3. The predicted octanol–water partition coefficient (Wildman–Crippen LogP) is 1.86. The van der Waals surface area contributed by atoms with Crippen LogP contribution in [-0.4, -0.2) is 52.4 Å². The van der Waals surface area contributed by atoms with Gasteiger partial charge in [-0.25, -0.2) is 9.97 Å². The van der Waals surface area contributed by atoms with Crippen molar-refractivity contribution < 1.29 is 5.11 Å². The number of nitriles is 1. The number of aryl methyl sites for hydroxylation is 2. The van der Waals surface area contributed by atoms with Crippen LogP contribution < -0.4 is 15.4 Å². The molecule has 0 amide bonds. The zero-order valence-electron chi connectivity index (χ0n) is 18.0. The number of piperazine rings is 1. The topological polar surface area (TPSA) is 98.3 Å². The van der Waals surface area contributed by atoms with Crippen LogP contribution in [0.25, 0.3) is 10.9 Å². The number of nitrogens with zero attached hydrogens (tertiary/aromatic N) is 6. The monoisotopic (exact) mass is 430 g/mol. The molecule has 0 spiro atoms. The molecule has 2 aromatic heterocycles. The fourth-order valence-corrected chi connectivity index (χ4v) is 4.73. The Morgan fingerprint density at radius 1 is 1.06 bits per heavy atom. The van der Waals surface area contributed by atoms with Crippen LogP contribution in [0.5, 0.6) is 0 Å². The zero-order valence-corrected chi connectivity index (χ0v) is 18.0. The first-order chi connectivity index (χ1) is 15.7. The van der Waals surface area contributed by atoms with Crippen molar-refractivity contribution in [3.63, 3.8) is 0 Å². The van der Waals surface area contributed by atoms with Crippen molar-refractivity contribution in [1.29, 1.82) is 5.26 Å². The molecular formula is C24H26N6O2. The van der Waals surface area contributed by atoms with E-state index in [0.29, 0.717) is 16.5 Å². The molecule has 0 bridgehead atoms. The quantitative estimate of drug-likeness (QED) is 0.675. The second kappa shape index (κ2) is 8.60. The van der Waals surface area contributed by atoms with Gasteiger partial charge < -0.3 is 14.9 Å². The molecule has 1 aromatic carbocycles. The minimum Gasteiger partial charge on any atom is -0.395 e. The molecule has 1 fully saturated rings. The van der Waals surface area contributed by atoms with Crippen LogP contribution in [0.1, 0.15) is 29.7 Å². The molecule has 8 nitrogen and oxygen atoms in total. The lowest BCUT2D eigenvalue weighted by Crippen LogP contribution is -2.47. The predicted molar refractivity (Wildman–Crippen MR) is 123 cm³/mol. The van der Waals surface area contributed by atoms with Crippen LogP contribution >= 0.6 is 0 Å². The SMILES string of the molecule is N#Cc1cc2c(nc1N1CCN(c3ccc4c(=O)n(CCO)cnc4c3)CC1)CCCC2. The van der Waals surface area contributed by atoms with E-state index in [-0.39, 0.29) is 18.7 Å². The second-order valence-corrected chi connectivity index (χ2v) is 8.43. The Morgan fingerprint density at radius 2 is 1.84 bits per heavy atom. The summed E-state index contributed by atoms with van der Waals surface area (Å²) in [7, 11) is 0. The van der Waals surface area contributed by atoms with Crippen LogP contribution in [0.2, 0.25) is 0 Å². The lowest BCUT2D eigenvalue weighted by molar-refractivity contribution is 0.274. The Morgan fingerprint density at radius 3 is 2.62 bits per heavy atom. The third kappa shape index (κ3) is 3.69. The van der Waals surface area contributed by atoms with Crippen LogP contribution in [0.15, 0.2) is 35.4 Å². The number of aliphatic hydroxyl groups is 1. The average molecular weight is 431 g/mol. The number of aromatic nitrogens is 3. The van der Waals surface area contributed by atoms with Gasteiger partial charge in [0.15, 0.2) is 0 Å². The third-order valence-electron chi connectivity index (χ3n) is 6.50. The Bertz CT molecular complexity index is 1250. The number of rotatable bonds is 4. The van der Waals surface area contributed by atoms with Gasteiger partial charge in [-0.3, -0.25) is 9.36 Å². The molecule has 1 aliphatic heterocycles. The van der Waals surface area contributed by atoms with Crippen LogP contribution in [-0.2, 0) is 19.4 Å². The summed E-state index contributed by atoms with van der Waals surface area (Å²) in [4.78, 5) is 26.3. The fraction of sp³-hybridized carbons (Fsp3) is 0.417. The number of aliphatic hydroxyl groups excluding tert-OH is 1. The van der Waals surface area contributed by atoms with Crippen molar-refractivity contribution in [2.75, 3.05) is 42.6 Å². The van der Waals surface area contributed by atoms with E-state index < -0.39 is 0 Å². The molecule has 0 atom stereocenters. The molecule has 5 rings (SSSR count). The number of pyridine rings is 1. The number of benzene rings is 1. The number of fused-ring (bicyclic) bond motifs is 2. The van der Waals surface area contributed by atoms with E-state index in [0.717, 1.165) is 56.2 Å². The molecule has 2 aliphatic rings. The first-order valence-corrected chi connectivity index (χ1v) is 11.2. The largest absolute Gasteiger partial charge is 0.395 e. The first kappa shape index (κ1) is 20.5. The maximum Gasteiger partial charge on any atom is 0.261 e. The maximum atomic E-state index is 12.5. The van der Waals surface area contributed by atoms with Crippen molar-refractivity contribution in [2.45, 2.75) is 32.2 Å². The zero-order chi connectivity index (χ0) is 22.1. The van der Waals surface area contributed by atoms with Crippen LogP contribution in [0, 0.1) is 11.3 Å². The molecule has 0 unspecified atom stereocenters. The summed E-state index contributed by atoms with van der Waals surface area (Å²) in [6.07, 6.45) is 5.85. The summed E-state index contributed by atoms with van der Waals surface area (Å²) >= 11 is 0. The van der Waals surface area contributed by atoms with Crippen LogP contribution in [0.3, 0.4) is 0 Å². The van der Waals surface area contributed by atoms with Gasteiger partial charge in [0.05, 0.1) is 35.9 Å². The van der Waals surface area contributed by atoms with E-state index in [1.807, 2.05) is 24.3 Å². The van der Waals surface area contributed by atoms with Crippen molar-refractivity contribution in [2.24, 2.45) is 0 Å². The molecule has 32 heavy (non-hydrogen) atoms. The molecular weight excluding hydrogens is 404 g/mol. The molecule has 1 aliphatic carbocycles. The normalized spacial score (nSPS) is 16.1. The van der Waals surface area contributed by atoms with Gasteiger partial charge in [0.25, 0.3) is 5.56 Å². The van der Waals surface area contributed by atoms with E-state index in [1.54, 1.807) is 0 Å². The standard InChI is InChI=1S/C24H26N6O2/c25-15-18-13-17-3-1-2-4-21(17)27-23(18)29-9-7-28(8-10-29)19-5-6-20-22(14-19)26-16-30(11-12-31)24(20)32/h5-6,13-14,16,31H,1-4,7-12H2. The van der Waals surface area contributed by atoms with Crippen molar-refractivity contribution in [3.8, 4) is 6.07 Å². The van der Waals surface area contributed by atoms with E-state index >= 15 is 0 Å². The highest BCUT2D eigenvalue weighted by molar-refractivity contribution is 5.81. The molecule has 0 radical (unpaired) electrons. The van der Waals surface area contributed by atoms with Gasteiger partial charge in [-0.2, -0.15) is 5.26 Å². The highest BCUT2D eigenvalue weighted by Gasteiger charge is 2.23. The van der Waals surface area contributed by atoms with E-state index in [9.17, 15) is 10.1 Å². The van der Waals surface area contributed by atoms with Gasteiger partial charge >= 0.3 is 0 Å². The highest BCUT2D eigenvalue weighted by Crippen LogP contribution is 2.28. The van der Waals surface area contributed by atoms with Gasteiger partial charge in [0.2, 0.25) is 0 Å². The summed E-state index contributed by atoms with van der Waals surface area (Å²) in [5.41, 5.74) is 4.61. The Hall–Kier alpha value is -3.44. The van der Waals surface area contributed by atoms with E-state index in [2.05, 4.69) is 20.9 Å². The summed E-state index contributed by atoms with van der Waals surface area (Å²) < 4.78 is 1.43. The molecule has 0 saturated carbocycles. The molecule has 3 heterocycles. The van der Waals surface area contributed by atoms with Crippen molar-refractivity contribution in [1.82, 2.24) is 14.5 Å². The summed E-state index contributed by atoms with van der Waals surface area (Å²) in [5.74, 6) is 0.817. The lowest BCUT2D eigenvalue weighted by atomic mass is 9.95. The molecule has 164 valence electrons. The van der Waals surface area contributed by atoms with Gasteiger partial charge in [-0.1, -0.05) is 0 Å². The van der Waals surface area contributed by atoms with Gasteiger partial charge in [0.1, 0.15) is 11.9 Å². The molecule has 1 saturated heterocycles. The molecule has 3 aromatic rings. The third-order valence-corrected chi connectivity index (χ3v) is 6.50. The number of anilines is 2. The fourth-order valence-electron chi connectivity index (χ4n) is 4.73. The van der Waals surface area contributed by atoms with Gasteiger partial charge in [-0.05, 0) is 55.5 Å². The van der Waals surface area contributed by atoms with E-state index in [1.165, 1.54) is 29.3 Å². The van der Waals surface area contributed by atoms with Gasteiger partial charge in [-0.15, -0.1) is 0 Å². The van der Waals surface area contributed by atoms with Crippen LogP contribution in [0.4, 0.5) is 11.5 Å². The summed E-state index contributed by atoms with van der Waals surface area (Å²) in [6.45, 7) is 3.32. The maximum absolute atomic E-state index is 12.5. The average Bonchev–Trinajstić information content (AvgIpc) is 2.85. The number of hydrogen-bond donors (Lipinski definition) is 1.